The van der Waals surface area contributed by atoms with Crippen molar-refractivity contribution in [2.75, 3.05) is 20.7 Å². The number of halogens is 1. The van der Waals surface area contributed by atoms with E-state index in [1.807, 2.05) is 50.2 Å². The predicted molar refractivity (Wildman–Crippen MR) is 121 cm³/mol. The van der Waals surface area contributed by atoms with Crippen molar-refractivity contribution in [1.82, 2.24) is 15.2 Å². The van der Waals surface area contributed by atoms with Gasteiger partial charge in [0.25, 0.3) is 5.91 Å². The minimum Gasteiger partial charge on any atom is -0.497 e. The number of carbonyl (C=O) groups excluding carboxylic acids is 2. The number of nitrogens with zero attached hydrogens (tertiary/aromatic N) is 3. The first kappa shape index (κ1) is 22.6. The second-order valence-electron chi connectivity index (χ2n) is 7.75. The lowest BCUT2D eigenvalue weighted by Crippen LogP contribution is -2.45. The molecule has 2 aromatic carbocycles. The third-order valence-electron chi connectivity index (χ3n) is 4.95. The molecule has 7 nitrogen and oxygen atoms in total. The van der Waals surface area contributed by atoms with Crippen LogP contribution in [0.15, 0.2) is 53.6 Å². The molecule has 1 unspecified atom stereocenters. The van der Waals surface area contributed by atoms with E-state index in [1.165, 1.54) is 9.91 Å². The molecular formula is C23H27ClN4O3. The van der Waals surface area contributed by atoms with Gasteiger partial charge < -0.3 is 15.0 Å². The fourth-order valence-electron chi connectivity index (χ4n) is 3.37. The van der Waals surface area contributed by atoms with Crippen LogP contribution in [-0.4, -0.2) is 54.3 Å². The summed E-state index contributed by atoms with van der Waals surface area (Å²) in [6.07, 6.45) is 0.544. The summed E-state index contributed by atoms with van der Waals surface area (Å²) in [7, 11) is 3.20. The number of benzene rings is 2. The first-order valence-corrected chi connectivity index (χ1v) is 10.5. The molecule has 0 bridgehead atoms. The van der Waals surface area contributed by atoms with Crippen molar-refractivity contribution in [3.63, 3.8) is 0 Å². The molecular weight excluding hydrogens is 416 g/mol. The summed E-state index contributed by atoms with van der Waals surface area (Å²) >= 11 is 6.05. The topological polar surface area (TPSA) is 74.2 Å². The van der Waals surface area contributed by atoms with Gasteiger partial charge in [-0.2, -0.15) is 5.10 Å². The Hall–Kier alpha value is -3.06. The van der Waals surface area contributed by atoms with Gasteiger partial charge >= 0.3 is 6.03 Å². The van der Waals surface area contributed by atoms with E-state index in [1.54, 1.807) is 26.3 Å². The highest BCUT2D eigenvalue weighted by atomic mass is 35.5. The summed E-state index contributed by atoms with van der Waals surface area (Å²) in [4.78, 5) is 26.7. The molecule has 0 aromatic heterocycles. The van der Waals surface area contributed by atoms with Crippen molar-refractivity contribution in [3.05, 3.63) is 64.7 Å². The number of likely N-dealkylation sites (N-methyl/N-ethyl adjacent to an activating group) is 1. The Morgan fingerprint density at radius 3 is 2.61 bits per heavy atom. The minimum atomic E-state index is -0.303. The van der Waals surface area contributed by atoms with Crippen LogP contribution in [0.1, 0.15) is 37.4 Å². The first-order chi connectivity index (χ1) is 14.8. The monoisotopic (exact) mass is 442 g/mol. The fourth-order valence-corrected chi connectivity index (χ4v) is 3.49. The average molecular weight is 443 g/mol. The van der Waals surface area contributed by atoms with Crippen molar-refractivity contribution >= 4 is 29.3 Å². The zero-order chi connectivity index (χ0) is 22.5. The maximum absolute atomic E-state index is 13.1. The molecule has 8 heteroatoms. The number of hydrogen-bond donors (Lipinski definition) is 1. The molecule has 31 heavy (non-hydrogen) atoms. The van der Waals surface area contributed by atoms with Gasteiger partial charge in [0.15, 0.2) is 0 Å². The van der Waals surface area contributed by atoms with Crippen LogP contribution in [0.4, 0.5) is 4.79 Å². The van der Waals surface area contributed by atoms with Gasteiger partial charge in [0.05, 0.1) is 18.9 Å². The summed E-state index contributed by atoms with van der Waals surface area (Å²) in [6.45, 7) is 3.65. The van der Waals surface area contributed by atoms with Crippen LogP contribution in [0.2, 0.25) is 5.02 Å². The Morgan fingerprint density at radius 2 is 1.97 bits per heavy atom. The molecule has 1 aliphatic rings. The van der Waals surface area contributed by atoms with Gasteiger partial charge in [-0.15, -0.1) is 0 Å². The summed E-state index contributed by atoms with van der Waals surface area (Å²) in [5, 5.41) is 9.52. The van der Waals surface area contributed by atoms with E-state index < -0.39 is 0 Å². The molecule has 164 valence electrons. The number of ether oxygens (including phenoxy) is 1. The quantitative estimate of drug-likeness (QED) is 0.732. The van der Waals surface area contributed by atoms with Gasteiger partial charge in [-0.1, -0.05) is 35.9 Å². The summed E-state index contributed by atoms with van der Waals surface area (Å²) in [5.41, 5.74) is 2.59. The fraction of sp³-hybridized carbons (Fsp3) is 0.348. The van der Waals surface area contributed by atoms with Gasteiger partial charge in [0.1, 0.15) is 12.3 Å². The number of carbonyl (C=O) groups is 2. The van der Waals surface area contributed by atoms with E-state index in [2.05, 4.69) is 10.4 Å². The van der Waals surface area contributed by atoms with Crippen LogP contribution in [0, 0.1) is 0 Å². The molecule has 0 fully saturated rings. The van der Waals surface area contributed by atoms with Crippen molar-refractivity contribution in [2.24, 2.45) is 5.10 Å². The maximum atomic E-state index is 13.1. The van der Waals surface area contributed by atoms with Gasteiger partial charge in [-0.3, -0.25) is 4.79 Å². The molecule has 0 radical (unpaired) electrons. The summed E-state index contributed by atoms with van der Waals surface area (Å²) in [5.74, 6) is 0.456. The van der Waals surface area contributed by atoms with E-state index in [-0.39, 0.29) is 30.6 Å². The third kappa shape index (κ3) is 5.55. The van der Waals surface area contributed by atoms with E-state index in [0.717, 1.165) is 22.6 Å². The third-order valence-corrected chi connectivity index (χ3v) is 5.21. The summed E-state index contributed by atoms with van der Waals surface area (Å²) in [6, 6.07) is 14.4. The van der Waals surface area contributed by atoms with Crippen LogP contribution >= 0.6 is 11.6 Å². The molecule has 1 atom stereocenters. The highest BCUT2D eigenvalue weighted by Gasteiger charge is 2.34. The second-order valence-corrected chi connectivity index (χ2v) is 8.19. The molecule has 3 rings (SSSR count). The molecule has 2 aromatic rings. The van der Waals surface area contributed by atoms with E-state index >= 15 is 0 Å². The zero-order valence-corrected chi connectivity index (χ0v) is 18.9. The molecule has 0 saturated heterocycles. The highest BCUT2D eigenvalue weighted by Crippen LogP contribution is 2.34. The van der Waals surface area contributed by atoms with Crippen LogP contribution < -0.4 is 10.1 Å². The van der Waals surface area contributed by atoms with Crippen LogP contribution in [0.25, 0.3) is 0 Å². The number of methoxy groups -OCH3 is 1. The number of nitrogens with one attached hydrogen (secondary N) is 1. The standard InChI is InChI=1S/C23H27ClN4O3/c1-15(2)25-23(30)27(3)14-22(29)28-21(16-8-10-18(24)11-9-16)13-20(26-28)17-6-5-7-19(12-17)31-4/h5-12,15,21H,13-14H2,1-4H3,(H,25,30). The Labute approximate surface area is 187 Å². The van der Waals surface area contributed by atoms with E-state index in [9.17, 15) is 9.59 Å². The lowest BCUT2D eigenvalue weighted by molar-refractivity contribution is -0.133. The number of urea groups is 1. The zero-order valence-electron chi connectivity index (χ0n) is 18.1. The molecule has 0 aliphatic carbocycles. The average Bonchev–Trinajstić information content (AvgIpc) is 3.19. The summed E-state index contributed by atoms with van der Waals surface area (Å²) < 4.78 is 5.32. The van der Waals surface area contributed by atoms with Crippen molar-refractivity contribution in [3.8, 4) is 5.75 Å². The van der Waals surface area contributed by atoms with Gasteiger partial charge in [0.2, 0.25) is 0 Å². The number of rotatable bonds is 6. The predicted octanol–water partition coefficient (Wildman–Crippen LogP) is 4.08. The van der Waals surface area contributed by atoms with Gasteiger partial charge in [-0.25, -0.2) is 9.80 Å². The first-order valence-electron chi connectivity index (χ1n) is 10.1. The highest BCUT2D eigenvalue weighted by molar-refractivity contribution is 6.30. The molecule has 1 N–H and O–H groups in total. The molecule has 3 amide bonds. The van der Waals surface area contributed by atoms with Crippen LogP contribution in [-0.2, 0) is 4.79 Å². The lowest BCUT2D eigenvalue weighted by atomic mass is 9.98. The van der Waals surface area contributed by atoms with E-state index in [0.29, 0.717) is 11.4 Å². The largest absolute Gasteiger partial charge is 0.497 e. The van der Waals surface area contributed by atoms with Crippen molar-refractivity contribution in [1.29, 1.82) is 0 Å². The van der Waals surface area contributed by atoms with Crippen molar-refractivity contribution < 1.29 is 14.3 Å². The second kappa shape index (κ2) is 9.83. The minimum absolute atomic E-state index is 0.0173. The number of hydrogen-bond acceptors (Lipinski definition) is 4. The van der Waals surface area contributed by atoms with Crippen LogP contribution in [0.5, 0.6) is 5.75 Å². The molecule has 1 aliphatic heterocycles. The van der Waals surface area contributed by atoms with Crippen molar-refractivity contribution in [2.45, 2.75) is 32.4 Å². The number of hydrazone groups is 1. The van der Waals surface area contributed by atoms with Gasteiger partial charge in [0, 0.05) is 30.1 Å². The molecule has 0 spiro atoms. The Bertz CT molecular complexity index is 975. The number of amides is 3. The van der Waals surface area contributed by atoms with Crippen LogP contribution in [0.3, 0.4) is 0 Å². The molecule has 1 heterocycles. The lowest BCUT2D eigenvalue weighted by Gasteiger charge is -2.25. The Kier molecular flexibility index (Phi) is 7.17. The normalized spacial score (nSPS) is 15.6. The maximum Gasteiger partial charge on any atom is 0.317 e. The van der Waals surface area contributed by atoms with E-state index in [4.69, 9.17) is 16.3 Å². The molecule has 0 saturated carbocycles. The smallest absolute Gasteiger partial charge is 0.317 e. The Balaban J connectivity index is 1.87. The van der Waals surface area contributed by atoms with Gasteiger partial charge in [-0.05, 0) is 43.7 Å². The Morgan fingerprint density at radius 1 is 1.26 bits per heavy atom. The SMILES string of the molecule is COc1cccc(C2=NN(C(=O)CN(C)C(=O)NC(C)C)C(c3ccc(Cl)cc3)C2)c1.